The fourth-order valence-corrected chi connectivity index (χ4v) is 1.83. The average molecular weight is 224 g/mol. The van der Waals surface area contributed by atoms with Crippen LogP contribution in [0.4, 0.5) is 0 Å². The van der Waals surface area contributed by atoms with E-state index in [4.69, 9.17) is 9.47 Å². The van der Waals surface area contributed by atoms with E-state index in [-0.39, 0.29) is 0 Å². The fraction of sp³-hybridized carbons (Fsp3) is 0.636. The van der Waals surface area contributed by atoms with Gasteiger partial charge in [-0.1, -0.05) is 0 Å². The number of aryl methyl sites for hydroxylation is 1. The molecule has 0 bridgehead atoms. The molecule has 0 unspecified atom stereocenters. The van der Waals surface area contributed by atoms with Gasteiger partial charge in [0, 0.05) is 19.2 Å². The van der Waals surface area contributed by atoms with Crippen molar-refractivity contribution in [1.82, 2.24) is 9.78 Å². The third-order valence-electron chi connectivity index (χ3n) is 2.70. The smallest absolute Gasteiger partial charge is 0.170 e. The maximum absolute atomic E-state index is 10.4. The molecular formula is C11H16N2O3. The van der Waals surface area contributed by atoms with Crippen LogP contribution in [0.25, 0.3) is 0 Å². The van der Waals surface area contributed by atoms with E-state index in [1.165, 1.54) is 0 Å². The number of aromatic nitrogens is 2. The highest BCUT2D eigenvalue weighted by atomic mass is 16.7. The third kappa shape index (κ3) is 2.68. The Balaban J connectivity index is 1.77. The summed E-state index contributed by atoms with van der Waals surface area (Å²) in [7, 11) is 0. The van der Waals surface area contributed by atoms with E-state index in [0.717, 1.165) is 25.7 Å². The molecule has 1 fully saturated rings. The first-order valence-electron chi connectivity index (χ1n) is 5.48. The Bertz CT molecular complexity index is 356. The molecule has 88 valence electrons. The highest BCUT2D eigenvalue weighted by Crippen LogP contribution is 2.24. The number of rotatable bonds is 5. The van der Waals surface area contributed by atoms with Crippen molar-refractivity contribution in [1.29, 1.82) is 0 Å². The molecule has 1 aromatic heterocycles. The molecule has 2 rings (SSSR count). The summed E-state index contributed by atoms with van der Waals surface area (Å²) in [4.78, 5) is 10.4. The van der Waals surface area contributed by atoms with Gasteiger partial charge in [0.15, 0.2) is 12.1 Å². The molecule has 0 amide bonds. The van der Waals surface area contributed by atoms with E-state index in [2.05, 4.69) is 5.10 Å². The quantitative estimate of drug-likeness (QED) is 0.706. The number of carbonyl (C=O) groups excluding carboxylic acids is 1. The summed E-state index contributed by atoms with van der Waals surface area (Å²) in [5, 5.41) is 4.08. The molecule has 0 atom stereocenters. The molecule has 5 nitrogen and oxygen atoms in total. The highest BCUT2D eigenvalue weighted by molar-refractivity contribution is 5.71. The van der Waals surface area contributed by atoms with E-state index in [0.29, 0.717) is 18.9 Å². The molecule has 0 aromatic carbocycles. The lowest BCUT2D eigenvalue weighted by atomic mass is 10.2. The number of carbonyl (C=O) groups is 1. The van der Waals surface area contributed by atoms with Gasteiger partial charge in [0.1, 0.15) is 5.69 Å². The van der Waals surface area contributed by atoms with Crippen molar-refractivity contribution in [2.75, 3.05) is 13.2 Å². The Hall–Kier alpha value is -1.20. The van der Waals surface area contributed by atoms with Gasteiger partial charge in [-0.05, 0) is 19.4 Å². The topological polar surface area (TPSA) is 53.4 Å². The first-order valence-corrected chi connectivity index (χ1v) is 5.48. The lowest BCUT2D eigenvalue weighted by molar-refractivity contribution is -0.147. The SMILES string of the molecule is CC1(CCCn2ccc(C=O)n2)OCCO1. The summed E-state index contributed by atoms with van der Waals surface area (Å²) < 4.78 is 12.8. The Kier molecular flexibility index (Phi) is 3.36. The second-order valence-corrected chi connectivity index (χ2v) is 4.06. The van der Waals surface area contributed by atoms with Crippen molar-refractivity contribution in [2.24, 2.45) is 0 Å². The van der Waals surface area contributed by atoms with Crippen LogP contribution in [0, 0.1) is 0 Å². The second kappa shape index (κ2) is 4.76. The molecule has 1 aliphatic rings. The van der Waals surface area contributed by atoms with Crippen LogP contribution in [0.5, 0.6) is 0 Å². The first-order chi connectivity index (χ1) is 7.72. The number of hydrogen-bond donors (Lipinski definition) is 0. The standard InChI is InChI=1S/C11H16N2O3/c1-11(15-7-8-16-11)4-2-5-13-6-3-10(9-14)12-13/h3,6,9H,2,4-5,7-8H2,1H3. The van der Waals surface area contributed by atoms with E-state index in [1.807, 2.05) is 13.1 Å². The Labute approximate surface area is 94.3 Å². The number of aldehydes is 1. The average Bonchev–Trinajstić information content (AvgIpc) is 2.88. The minimum atomic E-state index is -0.430. The third-order valence-corrected chi connectivity index (χ3v) is 2.70. The maximum atomic E-state index is 10.4. The predicted octanol–water partition coefficient (Wildman–Crippen LogP) is 1.24. The number of ether oxygens (including phenoxy) is 2. The minimum Gasteiger partial charge on any atom is -0.348 e. The van der Waals surface area contributed by atoms with Gasteiger partial charge in [0.05, 0.1) is 13.2 Å². The Morgan fingerprint density at radius 2 is 2.31 bits per heavy atom. The summed E-state index contributed by atoms with van der Waals surface area (Å²) in [5.74, 6) is -0.430. The minimum absolute atomic E-state index is 0.430. The fourth-order valence-electron chi connectivity index (χ4n) is 1.83. The largest absolute Gasteiger partial charge is 0.348 e. The molecule has 16 heavy (non-hydrogen) atoms. The van der Waals surface area contributed by atoms with E-state index >= 15 is 0 Å². The van der Waals surface area contributed by atoms with Gasteiger partial charge in [-0.15, -0.1) is 0 Å². The van der Waals surface area contributed by atoms with Crippen LogP contribution in [-0.4, -0.2) is 35.1 Å². The van der Waals surface area contributed by atoms with Crippen LogP contribution in [-0.2, 0) is 16.0 Å². The zero-order chi connectivity index (χ0) is 11.4. The summed E-state index contributed by atoms with van der Waals surface area (Å²) >= 11 is 0. The molecule has 2 heterocycles. The van der Waals surface area contributed by atoms with Crippen molar-refractivity contribution in [3.63, 3.8) is 0 Å². The van der Waals surface area contributed by atoms with Crippen LogP contribution in [0.15, 0.2) is 12.3 Å². The van der Waals surface area contributed by atoms with Gasteiger partial charge in [-0.25, -0.2) is 0 Å². The summed E-state index contributed by atoms with van der Waals surface area (Å²) in [5.41, 5.74) is 0.472. The molecule has 1 saturated heterocycles. The van der Waals surface area contributed by atoms with Crippen LogP contribution in [0.1, 0.15) is 30.3 Å². The maximum Gasteiger partial charge on any atom is 0.170 e. The molecule has 5 heteroatoms. The second-order valence-electron chi connectivity index (χ2n) is 4.06. The predicted molar refractivity (Wildman–Crippen MR) is 57.2 cm³/mol. The molecule has 1 aromatic rings. The monoisotopic (exact) mass is 224 g/mol. The van der Waals surface area contributed by atoms with Crippen molar-refractivity contribution in [3.05, 3.63) is 18.0 Å². The summed E-state index contributed by atoms with van der Waals surface area (Å²) in [6, 6.07) is 1.71. The van der Waals surface area contributed by atoms with Gasteiger partial charge in [0.2, 0.25) is 0 Å². The Morgan fingerprint density at radius 3 is 2.94 bits per heavy atom. The summed E-state index contributed by atoms with van der Waals surface area (Å²) in [6.07, 6.45) is 4.31. The van der Waals surface area contributed by atoms with E-state index in [9.17, 15) is 4.79 Å². The number of nitrogens with zero attached hydrogens (tertiary/aromatic N) is 2. The van der Waals surface area contributed by atoms with E-state index in [1.54, 1.807) is 10.7 Å². The molecule has 0 N–H and O–H groups in total. The molecular weight excluding hydrogens is 208 g/mol. The lowest BCUT2D eigenvalue weighted by Crippen LogP contribution is -2.25. The Morgan fingerprint density at radius 1 is 1.56 bits per heavy atom. The zero-order valence-electron chi connectivity index (χ0n) is 9.39. The van der Waals surface area contributed by atoms with E-state index < -0.39 is 5.79 Å². The zero-order valence-corrected chi connectivity index (χ0v) is 9.39. The summed E-state index contributed by atoms with van der Waals surface area (Å²) in [6.45, 7) is 4.08. The molecule has 0 spiro atoms. The van der Waals surface area contributed by atoms with Crippen LogP contribution in [0.2, 0.25) is 0 Å². The molecule has 0 radical (unpaired) electrons. The van der Waals surface area contributed by atoms with Gasteiger partial charge < -0.3 is 9.47 Å². The van der Waals surface area contributed by atoms with Crippen molar-refractivity contribution in [2.45, 2.75) is 32.1 Å². The lowest BCUT2D eigenvalue weighted by Gasteiger charge is -2.21. The van der Waals surface area contributed by atoms with Crippen LogP contribution >= 0.6 is 0 Å². The normalized spacial score (nSPS) is 18.8. The van der Waals surface area contributed by atoms with Crippen LogP contribution < -0.4 is 0 Å². The van der Waals surface area contributed by atoms with Gasteiger partial charge in [-0.2, -0.15) is 5.10 Å². The molecule has 1 aliphatic heterocycles. The molecule has 0 saturated carbocycles. The number of hydrogen-bond acceptors (Lipinski definition) is 4. The van der Waals surface area contributed by atoms with Crippen LogP contribution in [0.3, 0.4) is 0 Å². The highest BCUT2D eigenvalue weighted by Gasteiger charge is 2.29. The van der Waals surface area contributed by atoms with Gasteiger partial charge in [0.25, 0.3) is 0 Å². The van der Waals surface area contributed by atoms with Gasteiger partial charge in [-0.3, -0.25) is 9.48 Å². The van der Waals surface area contributed by atoms with Crippen molar-refractivity contribution < 1.29 is 14.3 Å². The van der Waals surface area contributed by atoms with Crippen molar-refractivity contribution in [3.8, 4) is 0 Å². The van der Waals surface area contributed by atoms with Crippen molar-refractivity contribution >= 4 is 6.29 Å². The van der Waals surface area contributed by atoms with Gasteiger partial charge >= 0.3 is 0 Å². The molecule has 0 aliphatic carbocycles. The first kappa shape index (κ1) is 11.3.